The second-order valence-corrected chi connectivity index (χ2v) is 11.7. The van der Waals surface area contributed by atoms with E-state index in [1.807, 2.05) is 0 Å². The number of β-lactam (4-membered cyclic amide) rings is 1. The summed E-state index contributed by atoms with van der Waals surface area (Å²) in [5, 5.41) is 23.5. The van der Waals surface area contributed by atoms with Crippen molar-refractivity contribution in [2.45, 2.75) is 44.8 Å². The van der Waals surface area contributed by atoms with Crippen molar-refractivity contribution in [2.24, 2.45) is 11.1 Å². The number of ether oxygens (including phenoxy) is 1. The molecule has 0 spiro atoms. The first kappa shape index (κ1) is 32.8. The van der Waals surface area contributed by atoms with Gasteiger partial charge in [-0.3, -0.25) is 28.5 Å². The van der Waals surface area contributed by atoms with Crippen molar-refractivity contribution in [1.29, 1.82) is 0 Å². The van der Waals surface area contributed by atoms with Crippen molar-refractivity contribution in [1.82, 2.24) is 14.3 Å². The minimum atomic E-state index is -5.13. The highest BCUT2D eigenvalue weighted by Crippen LogP contribution is 2.33. The van der Waals surface area contributed by atoms with Crippen molar-refractivity contribution < 1.29 is 56.7 Å². The first-order chi connectivity index (χ1) is 19.9. The fraction of sp³-hybridized carbons (Fsp3) is 0.391. The quantitative estimate of drug-likeness (QED) is 0.0433. The van der Waals surface area contributed by atoms with Crippen LogP contribution in [0.15, 0.2) is 27.6 Å². The zero-order chi connectivity index (χ0) is 32.3. The molecule has 0 aliphatic carbocycles. The maximum atomic E-state index is 13.2. The number of aromatic amines is 1. The Balaban J connectivity index is 1.72. The number of H-pyrrole nitrogens is 1. The number of amides is 1. The van der Waals surface area contributed by atoms with Crippen LogP contribution >= 0.6 is 11.3 Å². The number of aromatic hydroxyl groups is 1. The van der Waals surface area contributed by atoms with Crippen molar-refractivity contribution in [3.8, 4) is 5.75 Å². The number of nitrogens with one attached hydrogen (secondary N) is 1. The van der Waals surface area contributed by atoms with E-state index in [1.54, 1.807) is 0 Å². The number of rotatable bonds is 14. The van der Waals surface area contributed by atoms with Crippen LogP contribution in [0.2, 0.25) is 0 Å². The number of carbonyl (C=O) groups excluding carboxylic acids is 4. The van der Waals surface area contributed by atoms with Crippen LogP contribution in [0.25, 0.3) is 0 Å². The molecule has 0 radical (unpaired) electrons. The Morgan fingerprint density at radius 2 is 1.91 bits per heavy atom. The minimum Gasteiger partial charge on any atom is -0.503 e. The van der Waals surface area contributed by atoms with E-state index >= 15 is 0 Å². The fourth-order valence-electron chi connectivity index (χ4n) is 3.62. The number of ketones is 2. The number of hydrogen-bond acceptors (Lipinski definition) is 15. The molecule has 0 unspecified atom stereocenters. The summed E-state index contributed by atoms with van der Waals surface area (Å²) < 4.78 is 38.1. The summed E-state index contributed by atoms with van der Waals surface area (Å²) in [5.41, 5.74) is 2.07. The number of oxime groups is 1. The Kier molecular flexibility index (Phi) is 9.67. The Morgan fingerprint density at radius 3 is 2.47 bits per heavy atom. The van der Waals surface area contributed by atoms with E-state index in [4.69, 9.17) is 15.3 Å². The molecule has 18 nitrogen and oxygen atoms in total. The predicted molar refractivity (Wildman–Crippen MR) is 144 cm³/mol. The third-order valence-electron chi connectivity index (χ3n) is 6.03. The molecule has 0 aromatic carbocycles. The molecule has 2 atom stereocenters. The lowest BCUT2D eigenvalue weighted by molar-refractivity contribution is -0.161. The maximum absolute atomic E-state index is 13.2. The molecule has 1 aliphatic rings. The van der Waals surface area contributed by atoms with E-state index in [-0.39, 0.29) is 20.8 Å². The number of anilines is 1. The van der Waals surface area contributed by atoms with Crippen LogP contribution in [-0.2, 0) is 39.1 Å². The van der Waals surface area contributed by atoms with E-state index in [0.717, 1.165) is 37.4 Å². The van der Waals surface area contributed by atoms with E-state index in [0.29, 0.717) is 0 Å². The molecule has 0 bridgehead atoms. The lowest BCUT2D eigenvalue weighted by atomic mass is 9.85. The van der Waals surface area contributed by atoms with Crippen LogP contribution in [0, 0.1) is 5.92 Å². The number of nitrogens with zero attached hydrogens (tertiary/aromatic N) is 3. The van der Waals surface area contributed by atoms with E-state index in [9.17, 15) is 52.0 Å². The highest BCUT2D eigenvalue weighted by atomic mass is 32.2. The van der Waals surface area contributed by atoms with Gasteiger partial charge >= 0.3 is 22.2 Å². The smallest absolute Gasteiger partial charge is 0.362 e. The molecule has 0 saturated carbocycles. The normalized spacial score (nSPS) is 17.2. The number of thiazole rings is 1. The van der Waals surface area contributed by atoms with Gasteiger partial charge in [-0.05, 0) is 13.8 Å². The second-order valence-electron chi connectivity index (χ2n) is 9.53. The molecule has 6 N–H and O–H groups in total. The number of aliphatic carboxylic acids is 1. The van der Waals surface area contributed by atoms with Crippen molar-refractivity contribution in [2.75, 3.05) is 12.3 Å². The summed E-state index contributed by atoms with van der Waals surface area (Å²) in [7, 11) is -5.13. The number of nitrogen functional groups attached to an aromatic ring is 1. The van der Waals surface area contributed by atoms with Gasteiger partial charge in [-0.15, -0.1) is 11.3 Å². The number of carboxylic acids is 1. The number of carboxylic acid groups (broad SMARTS) is 1. The number of aromatic nitrogens is 2. The summed E-state index contributed by atoms with van der Waals surface area (Å²) in [5.74, 6) is -7.32. The second kappa shape index (κ2) is 12.7. The summed E-state index contributed by atoms with van der Waals surface area (Å²) >= 11 is 0.915. The van der Waals surface area contributed by atoms with Crippen LogP contribution < -0.4 is 11.2 Å². The Labute approximate surface area is 246 Å². The zero-order valence-corrected chi connectivity index (χ0v) is 24.0. The Hall–Kier alpha value is -4.69. The molecule has 3 heterocycles. The van der Waals surface area contributed by atoms with Crippen LogP contribution in [0.3, 0.4) is 0 Å². The molecule has 2 aromatic heterocycles. The SMILES string of the molecule is CC(C)(O/N=C(\C(=O)C[C@@H]1C(=O)N(S(=O)(=O)O)[C@@H]1COC(=O)CCC(=O)c1cc(=O)c(O)c[nH]1)c1csc(N)n1)C(=O)O. The van der Waals surface area contributed by atoms with Gasteiger partial charge in [0.15, 0.2) is 28.2 Å². The van der Waals surface area contributed by atoms with E-state index < -0.39 is 100 Å². The van der Waals surface area contributed by atoms with Gasteiger partial charge in [0.25, 0.3) is 0 Å². The molecule has 1 amide bonds. The van der Waals surface area contributed by atoms with E-state index in [2.05, 4.69) is 15.1 Å². The predicted octanol–water partition coefficient (Wildman–Crippen LogP) is -0.502. The largest absolute Gasteiger partial charge is 0.503 e. The summed E-state index contributed by atoms with van der Waals surface area (Å²) in [6, 6.07) is -0.697. The van der Waals surface area contributed by atoms with Gasteiger partial charge in [0.2, 0.25) is 16.9 Å². The fourth-order valence-corrected chi connectivity index (χ4v) is 5.08. The number of carbonyl (C=O) groups is 5. The van der Waals surface area contributed by atoms with Crippen molar-refractivity contribution >= 4 is 61.9 Å². The van der Waals surface area contributed by atoms with Crippen molar-refractivity contribution in [3.05, 3.63) is 39.3 Å². The average Bonchev–Trinajstić information content (AvgIpc) is 3.34. The number of hydrogen-bond donors (Lipinski definition) is 5. The van der Waals surface area contributed by atoms with Crippen LogP contribution in [0.5, 0.6) is 5.75 Å². The Bertz CT molecular complexity index is 1660. The molecule has 232 valence electrons. The number of esters is 1. The van der Waals surface area contributed by atoms with Crippen LogP contribution in [-0.4, -0.2) is 90.8 Å². The standard InChI is InChI=1S/C23H25N5O13S2/c1-23(2,21(35)36)41-27-19(12-9-42-22(24)26-12)16(31)5-10-13(28(20(10)34)43(37,38)39)8-40-18(33)4-3-14(29)11-6-15(30)17(32)7-25-11/h6-7,9-10,13,32H,3-5,8H2,1-2H3,(H2,24,26)(H,25,30)(H,35,36)(H,37,38,39)/b27-19-/t10-,13+/m0/s1. The number of pyridine rings is 1. The highest BCUT2D eigenvalue weighted by Gasteiger charge is 2.54. The topological polar surface area (TPSA) is 286 Å². The molecule has 1 aliphatic heterocycles. The monoisotopic (exact) mass is 643 g/mol. The molecule has 3 rings (SSSR count). The van der Waals surface area contributed by atoms with Crippen LogP contribution in [0.1, 0.15) is 49.3 Å². The lowest BCUT2D eigenvalue weighted by Crippen LogP contribution is -2.65. The third kappa shape index (κ3) is 7.78. The average molecular weight is 644 g/mol. The number of nitrogens with two attached hydrogens (primary N) is 1. The third-order valence-corrected chi connectivity index (χ3v) is 7.65. The molecule has 20 heteroatoms. The Morgan fingerprint density at radius 1 is 1.23 bits per heavy atom. The zero-order valence-electron chi connectivity index (χ0n) is 22.4. The molecule has 1 fully saturated rings. The summed E-state index contributed by atoms with van der Waals surface area (Å²) in [6.45, 7) is 1.50. The van der Waals surface area contributed by atoms with Gasteiger partial charge in [0.05, 0.1) is 24.1 Å². The van der Waals surface area contributed by atoms with Gasteiger partial charge in [0, 0.05) is 30.5 Å². The first-order valence-electron chi connectivity index (χ1n) is 12.1. The maximum Gasteiger partial charge on any atom is 0.362 e. The molecule has 2 aromatic rings. The highest BCUT2D eigenvalue weighted by molar-refractivity contribution is 7.84. The molecule has 1 saturated heterocycles. The molecule has 43 heavy (non-hydrogen) atoms. The first-order valence-corrected chi connectivity index (χ1v) is 14.4. The van der Waals surface area contributed by atoms with Gasteiger partial charge < -0.3 is 30.5 Å². The minimum absolute atomic E-state index is 0.0188. The van der Waals surface area contributed by atoms with Crippen LogP contribution in [0.4, 0.5) is 5.13 Å². The van der Waals surface area contributed by atoms with Gasteiger partial charge in [-0.1, -0.05) is 5.16 Å². The van der Waals surface area contributed by atoms with Crippen molar-refractivity contribution in [3.63, 3.8) is 0 Å². The van der Waals surface area contributed by atoms with Gasteiger partial charge in [-0.25, -0.2) is 14.1 Å². The summed E-state index contributed by atoms with van der Waals surface area (Å²) in [6.07, 6.45) is -0.828. The van der Waals surface area contributed by atoms with E-state index in [1.165, 1.54) is 5.38 Å². The molecular weight excluding hydrogens is 618 g/mol. The van der Waals surface area contributed by atoms with Gasteiger partial charge in [0.1, 0.15) is 12.3 Å². The number of Topliss-reactive ketones (excluding diaryl/α,β-unsaturated/α-hetero) is 2. The summed E-state index contributed by atoms with van der Waals surface area (Å²) in [4.78, 5) is 84.4. The lowest BCUT2D eigenvalue weighted by Gasteiger charge is -2.43. The van der Waals surface area contributed by atoms with Gasteiger partial charge in [-0.2, -0.15) is 8.42 Å². The molecular formula is C23H25N5O13S2.